The quantitative estimate of drug-likeness (QED) is 0.515. The molecule has 0 fully saturated rings. The van der Waals surface area contributed by atoms with Crippen LogP contribution < -0.4 is 5.32 Å². The molecule has 0 spiro atoms. The van der Waals surface area contributed by atoms with Crippen molar-refractivity contribution in [2.45, 2.75) is 20.8 Å². The number of aryl methyl sites for hydroxylation is 1. The lowest BCUT2D eigenvalue weighted by atomic mass is 10.0. The summed E-state index contributed by atoms with van der Waals surface area (Å²) in [6.45, 7) is 4.86. The number of rotatable bonds is 5. The summed E-state index contributed by atoms with van der Waals surface area (Å²) in [4.78, 5) is 33.7. The van der Waals surface area contributed by atoms with E-state index >= 15 is 0 Å². The number of aromatic nitrogens is 2. The molecule has 1 N–H and O–H groups in total. The Labute approximate surface area is 165 Å². The standard InChI is InChI=1S/C19H17N5O5/c1-11-16(9-15(23(26)27)10-17(11)24(28)29)19(25)20-18-12(2)21-22(13(18)3)14-7-5-4-6-8-14/h4-10H,1-3H3,(H,20,25). The van der Waals surface area contributed by atoms with Crippen LogP contribution >= 0.6 is 0 Å². The van der Waals surface area contributed by atoms with Gasteiger partial charge in [-0.3, -0.25) is 25.0 Å². The van der Waals surface area contributed by atoms with Gasteiger partial charge in [0.05, 0.1) is 44.2 Å². The summed E-state index contributed by atoms with van der Waals surface area (Å²) in [5, 5.41) is 29.5. The normalized spacial score (nSPS) is 10.6. The highest BCUT2D eigenvalue weighted by atomic mass is 16.6. The molecular formula is C19H17N5O5. The lowest BCUT2D eigenvalue weighted by Gasteiger charge is -2.09. The molecule has 0 bridgehead atoms. The van der Waals surface area contributed by atoms with Gasteiger partial charge in [-0.1, -0.05) is 18.2 Å². The zero-order chi connectivity index (χ0) is 21.3. The average Bonchev–Trinajstić information content (AvgIpc) is 2.96. The summed E-state index contributed by atoms with van der Waals surface area (Å²) in [6, 6.07) is 11.2. The first kappa shape index (κ1) is 19.7. The summed E-state index contributed by atoms with van der Waals surface area (Å²) in [5.41, 5.74) is 1.32. The highest BCUT2D eigenvalue weighted by Gasteiger charge is 2.26. The molecule has 3 rings (SSSR count). The van der Waals surface area contributed by atoms with Crippen molar-refractivity contribution in [3.05, 3.63) is 85.2 Å². The van der Waals surface area contributed by atoms with Crippen LogP contribution in [0.4, 0.5) is 17.1 Å². The number of para-hydroxylation sites is 1. The average molecular weight is 395 g/mol. The summed E-state index contributed by atoms with van der Waals surface area (Å²) >= 11 is 0. The lowest BCUT2D eigenvalue weighted by molar-refractivity contribution is -0.394. The van der Waals surface area contributed by atoms with Crippen LogP contribution in [0.15, 0.2) is 42.5 Å². The van der Waals surface area contributed by atoms with Crippen molar-refractivity contribution in [1.29, 1.82) is 0 Å². The highest BCUT2D eigenvalue weighted by molar-refractivity contribution is 6.07. The number of nitro benzene ring substituents is 2. The summed E-state index contributed by atoms with van der Waals surface area (Å²) in [6.07, 6.45) is 0. The first-order valence-corrected chi connectivity index (χ1v) is 8.57. The molecule has 0 saturated carbocycles. The zero-order valence-corrected chi connectivity index (χ0v) is 15.9. The van der Waals surface area contributed by atoms with Crippen molar-refractivity contribution in [1.82, 2.24) is 9.78 Å². The van der Waals surface area contributed by atoms with Gasteiger partial charge in [0.15, 0.2) is 0 Å². The molecule has 1 heterocycles. The van der Waals surface area contributed by atoms with Gasteiger partial charge in [-0.2, -0.15) is 5.10 Å². The molecule has 10 heteroatoms. The predicted octanol–water partition coefficient (Wildman–Crippen LogP) is 3.87. The van der Waals surface area contributed by atoms with Crippen LogP contribution in [0.5, 0.6) is 0 Å². The largest absolute Gasteiger partial charge is 0.319 e. The van der Waals surface area contributed by atoms with E-state index in [0.29, 0.717) is 17.1 Å². The lowest BCUT2D eigenvalue weighted by Crippen LogP contribution is -2.16. The number of carbonyl (C=O) groups is 1. The minimum absolute atomic E-state index is 0.0452. The molecule has 0 saturated heterocycles. The second kappa shape index (κ2) is 7.50. The van der Waals surface area contributed by atoms with E-state index in [9.17, 15) is 25.0 Å². The first-order valence-electron chi connectivity index (χ1n) is 8.57. The van der Waals surface area contributed by atoms with Gasteiger partial charge in [0, 0.05) is 11.6 Å². The molecule has 0 aliphatic heterocycles. The SMILES string of the molecule is Cc1nn(-c2ccccc2)c(C)c1NC(=O)c1cc([N+](=O)[O-])cc([N+](=O)[O-])c1C. The Balaban J connectivity index is 2.03. The van der Waals surface area contributed by atoms with E-state index in [0.717, 1.165) is 17.8 Å². The molecule has 1 aromatic heterocycles. The third-order valence-corrected chi connectivity index (χ3v) is 4.55. The van der Waals surface area contributed by atoms with Crippen molar-refractivity contribution in [3.8, 4) is 5.69 Å². The Bertz CT molecular complexity index is 1140. The number of carbonyl (C=O) groups excluding carboxylic acids is 1. The fourth-order valence-corrected chi connectivity index (χ4v) is 3.04. The van der Waals surface area contributed by atoms with Gasteiger partial charge in [0.2, 0.25) is 0 Å². The van der Waals surface area contributed by atoms with Gasteiger partial charge in [-0.15, -0.1) is 0 Å². The zero-order valence-electron chi connectivity index (χ0n) is 15.9. The smallest absolute Gasteiger partial charge is 0.279 e. The van der Waals surface area contributed by atoms with Crippen LogP contribution in [0.3, 0.4) is 0 Å². The maximum absolute atomic E-state index is 12.8. The van der Waals surface area contributed by atoms with Crippen LogP contribution in [-0.2, 0) is 0 Å². The Kier molecular flexibility index (Phi) is 5.09. The highest BCUT2D eigenvalue weighted by Crippen LogP contribution is 2.30. The minimum atomic E-state index is -0.771. The van der Waals surface area contributed by atoms with Gasteiger partial charge < -0.3 is 5.32 Å². The summed E-state index contributed by atoms with van der Waals surface area (Å²) in [5.74, 6) is -0.687. The second-order valence-corrected chi connectivity index (χ2v) is 6.40. The molecular weight excluding hydrogens is 378 g/mol. The number of benzene rings is 2. The number of nitro groups is 2. The third-order valence-electron chi connectivity index (χ3n) is 4.55. The van der Waals surface area contributed by atoms with E-state index in [1.165, 1.54) is 6.92 Å². The molecule has 10 nitrogen and oxygen atoms in total. The molecule has 1 amide bonds. The Morgan fingerprint density at radius 3 is 2.28 bits per heavy atom. The molecule has 3 aromatic rings. The van der Waals surface area contributed by atoms with E-state index < -0.39 is 27.1 Å². The fraction of sp³-hybridized carbons (Fsp3) is 0.158. The molecule has 0 aliphatic rings. The minimum Gasteiger partial charge on any atom is -0.319 e. The van der Waals surface area contributed by atoms with Crippen LogP contribution in [0.2, 0.25) is 0 Å². The Morgan fingerprint density at radius 1 is 1.03 bits per heavy atom. The Morgan fingerprint density at radius 2 is 1.69 bits per heavy atom. The predicted molar refractivity (Wildman–Crippen MR) is 105 cm³/mol. The molecule has 0 atom stereocenters. The van der Waals surface area contributed by atoms with Gasteiger partial charge in [0.25, 0.3) is 17.3 Å². The molecule has 0 aliphatic carbocycles. The Hall–Kier alpha value is -4.08. The van der Waals surface area contributed by atoms with E-state index in [4.69, 9.17) is 0 Å². The van der Waals surface area contributed by atoms with Crippen LogP contribution in [0.1, 0.15) is 27.3 Å². The number of anilines is 1. The van der Waals surface area contributed by atoms with E-state index in [1.54, 1.807) is 18.5 Å². The van der Waals surface area contributed by atoms with Crippen molar-refractivity contribution in [2.24, 2.45) is 0 Å². The van der Waals surface area contributed by atoms with Crippen molar-refractivity contribution in [3.63, 3.8) is 0 Å². The van der Waals surface area contributed by atoms with Crippen molar-refractivity contribution >= 4 is 23.0 Å². The van der Waals surface area contributed by atoms with Gasteiger partial charge in [-0.25, -0.2) is 4.68 Å². The number of nitrogens with zero attached hydrogens (tertiary/aromatic N) is 4. The van der Waals surface area contributed by atoms with Gasteiger partial charge in [0.1, 0.15) is 0 Å². The van der Waals surface area contributed by atoms with E-state index in [1.807, 2.05) is 30.3 Å². The summed E-state index contributed by atoms with van der Waals surface area (Å²) < 4.78 is 1.66. The number of hydrogen-bond acceptors (Lipinski definition) is 6. The van der Waals surface area contributed by atoms with E-state index in [-0.39, 0.29) is 11.1 Å². The van der Waals surface area contributed by atoms with Crippen LogP contribution in [0, 0.1) is 41.0 Å². The van der Waals surface area contributed by atoms with E-state index in [2.05, 4.69) is 10.4 Å². The fourth-order valence-electron chi connectivity index (χ4n) is 3.04. The number of non-ortho nitro benzene ring substituents is 1. The molecule has 0 unspecified atom stereocenters. The van der Waals surface area contributed by atoms with Crippen LogP contribution in [-0.4, -0.2) is 25.5 Å². The molecule has 2 aromatic carbocycles. The van der Waals surface area contributed by atoms with Gasteiger partial charge >= 0.3 is 0 Å². The second-order valence-electron chi connectivity index (χ2n) is 6.40. The molecule has 0 radical (unpaired) electrons. The maximum Gasteiger partial charge on any atom is 0.279 e. The van der Waals surface area contributed by atoms with Crippen LogP contribution in [0.25, 0.3) is 5.69 Å². The number of nitrogens with one attached hydrogen (secondary N) is 1. The van der Waals surface area contributed by atoms with Crippen molar-refractivity contribution < 1.29 is 14.6 Å². The van der Waals surface area contributed by atoms with Gasteiger partial charge in [-0.05, 0) is 32.9 Å². The van der Waals surface area contributed by atoms with Crippen molar-refractivity contribution in [2.75, 3.05) is 5.32 Å². The number of hydrogen-bond donors (Lipinski definition) is 1. The molecule has 29 heavy (non-hydrogen) atoms. The topological polar surface area (TPSA) is 133 Å². The summed E-state index contributed by atoms with van der Waals surface area (Å²) in [7, 11) is 0. The first-order chi connectivity index (χ1) is 13.7. The third kappa shape index (κ3) is 3.68. The monoisotopic (exact) mass is 395 g/mol. The number of amides is 1. The maximum atomic E-state index is 12.8. The molecule has 148 valence electrons.